The number of amides is 1. The summed E-state index contributed by atoms with van der Waals surface area (Å²) in [5.74, 6) is 1.09. The van der Waals surface area contributed by atoms with Gasteiger partial charge in [-0.25, -0.2) is 4.98 Å². The van der Waals surface area contributed by atoms with Crippen LogP contribution in [-0.2, 0) is 11.3 Å². The lowest BCUT2D eigenvalue weighted by Gasteiger charge is -2.34. The monoisotopic (exact) mass is 278 g/mol. The van der Waals surface area contributed by atoms with Gasteiger partial charge in [0.15, 0.2) is 0 Å². The molecule has 112 valence electrons. The van der Waals surface area contributed by atoms with Crippen molar-refractivity contribution in [1.29, 1.82) is 0 Å². The molecule has 1 amide bonds. The number of aryl methyl sites for hydroxylation is 1. The molecule has 0 atom stereocenters. The molecule has 1 saturated heterocycles. The summed E-state index contributed by atoms with van der Waals surface area (Å²) < 4.78 is 1.91. The van der Waals surface area contributed by atoms with Crippen LogP contribution in [0.4, 0.5) is 0 Å². The van der Waals surface area contributed by atoms with E-state index in [0.717, 1.165) is 38.4 Å². The Balaban J connectivity index is 1.93. The first-order chi connectivity index (χ1) is 9.38. The summed E-state index contributed by atoms with van der Waals surface area (Å²) >= 11 is 0. The maximum Gasteiger partial charge on any atom is 0.242 e. The number of carbonyl (C=O) groups excluding carboxylic acids is 1. The van der Waals surface area contributed by atoms with Gasteiger partial charge in [0.1, 0.15) is 12.4 Å². The second-order valence-corrected chi connectivity index (χ2v) is 6.49. The van der Waals surface area contributed by atoms with Crippen molar-refractivity contribution in [2.75, 3.05) is 26.2 Å². The molecular formula is C15H26N4O. The van der Waals surface area contributed by atoms with Crippen LogP contribution in [0.5, 0.6) is 0 Å². The Morgan fingerprint density at radius 2 is 2.00 bits per heavy atom. The number of aromatic nitrogens is 2. The molecule has 1 aliphatic rings. The number of hydrogen-bond acceptors (Lipinski definition) is 3. The van der Waals surface area contributed by atoms with E-state index in [0.29, 0.717) is 6.54 Å². The average Bonchev–Trinajstić information content (AvgIpc) is 2.65. The molecule has 2 heterocycles. The zero-order valence-electron chi connectivity index (χ0n) is 13.1. The highest BCUT2D eigenvalue weighted by molar-refractivity contribution is 5.76. The zero-order valence-corrected chi connectivity index (χ0v) is 13.1. The third-order valence-corrected chi connectivity index (χ3v) is 4.03. The van der Waals surface area contributed by atoms with Crippen molar-refractivity contribution in [2.45, 2.75) is 46.2 Å². The average molecular weight is 278 g/mol. The van der Waals surface area contributed by atoms with Crippen LogP contribution in [0.15, 0.2) is 12.4 Å². The van der Waals surface area contributed by atoms with Crippen LogP contribution < -0.4 is 0 Å². The molecule has 0 spiro atoms. The van der Waals surface area contributed by atoms with Gasteiger partial charge in [-0.2, -0.15) is 0 Å². The van der Waals surface area contributed by atoms with E-state index < -0.39 is 0 Å². The van der Waals surface area contributed by atoms with E-state index in [4.69, 9.17) is 0 Å². The molecule has 1 fully saturated rings. The summed E-state index contributed by atoms with van der Waals surface area (Å²) in [6.45, 7) is 12.7. The van der Waals surface area contributed by atoms with Gasteiger partial charge in [-0.15, -0.1) is 0 Å². The molecule has 0 bridgehead atoms. The molecular weight excluding hydrogens is 252 g/mol. The van der Waals surface area contributed by atoms with Crippen molar-refractivity contribution in [3.63, 3.8) is 0 Å². The highest BCUT2D eigenvalue weighted by atomic mass is 16.2. The summed E-state index contributed by atoms with van der Waals surface area (Å²) in [4.78, 5) is 21.0. The highest BCUT2D eigenvalue weighted by Gasteiger charge is 2.25. The van der Waals surface area contributed by atoms with Gasteiger partial charge in [0.05, 0.1) is 0 Å². The Hall–Kier alpha value is -1.36. The van der Waals surface area contributed by atoms with E-state index in [1.165, 1.54) is 0 Å². The molecule has 5 heteroatoms. The van der Waals surface area contributed by atoms with Gasteiger partial charge in [-0.3, -0.25) is 9.69 Å². The normalized spacial score (nSPS) is 18.1. The molecule has 1 aromatic heterocycles. The maximum atomic E-state index is 12.4. The first-order valence-electron chi connectivity index (χ1n) is 7.38. The zero-order chi connectivity index (χ0) is 14.8. The number of hydrogen-bond donors (Lipinski definition) is 0. The molecule has 20 heavy (non-hydrogen) atoms. The second kappa shape index (κ2) is 5.95. The van der Waals surface area contributed by atoms with Gasteiger partial charge in [0, 0.05) is 44.1 Å². The van der Waals surface area contributed by atoms with Crippen LogP contribution >= 0.6 is 0 Å². The molecule has 5 nitrogen and oxygen atoms in total. The fraction of sp³-hybridized carbons (Fsp3) is 0.733. The number of nitrogens with zero attached hydrogens (tertiary/aromatic N) is 4. The lowest BCUT2D eigenvalue weighted by Crippen LogP contribution is -2.44. The third kappa shape index (κ3) is 3.60. The predicted molar refractivity (Wildman–Crippen MR) is 79.5 cm³/mol. The molecule has 0 aliphatic carbocycles. The predicted octanol–water partition coefficient (Wildman–Crippen LogP) is 1.52. The highest BCUT2D eigenvalue weighted by Crippen LogP contribution is 2.16. The van der Waals surface area contributed by atoms with E-state index in [9.17, 15) is 4.79 Å². The van der Waals surface area contributed by atoms with E-state index in [1.54, 1.807) is 6.20 Å². The van der Waals surface area contributed by atoms with Crippen molar-refractivity contribution < 1.29 is 4.79 Å². The summed E-state index contributed by atoms with van der Waals surface area (Å²) in [5.41, 5.74) is 0.181. The standard InChI is InChI=1S/C15H26N4O/c1-13-16-6-9-18(13)12-14(20)17-7-5-8-19(11-10-17)15(2,3)4/h6,9H,5,7-8,10-12H2,1-4H3. The molecule has 1 aromatic rings. The van der Waals surface area contributed by atoms with Gasteiger partial charge < -0.3 is 9.47 Å². The van der Waals surface area contributed by atoms with E-state index in [1.807, 2.05) is 22.6 Å². The Morgan fingerprint density at radius 1 is 1.25 bits per heavy atom. The van der Waals surface area contributed by atoms with Gasteiger partial charge in [0.25, 0.3) is 0 Å². The van der Waals surface area contributed by atoms with E-state index in [2.05, 4.69) is 30.7 Å². The van der Waals surface area contributed by atoms with Crippen molar-refractivity contribution in [3.05, 3.63) is 18.2 Å². The second-order valence-electron chi connectivity index (χ2n) is 6.49. The minimum Gasteiger partial charge on any atom is -0.340 e. The smallest absolute Gasteiger partial charge is 0.242 e. The fourth-order valence-electron chi connectivity index (χ4n) is 2.65. The van der Waals surface area contributed by atoms with E-state index >= 15 is 0 Å². The van der Waals surface area contributed by atoms with Crippen LogP contribution in [0.3, 0.4) is 0 Å². The Bertz CT molecular complexity index is 461. The minimum atomic E-state index is 0.181. The molecule has 0 saturated carbocycles. The van der Waals surface area contributed by atoms with Crippen molar-refractivity contribution in [2.24, 2.45) is 0 Å². The quantitative estimate of drug-likeness (QED) is 0.824. The molecule has 0 N–H and O–H groups in total. The first-order valence-corrected chi connectivity index (χ1v) is 7.38. The first kappa shape index (κ1) is 15.0. The van der Waals surface area contributed by atoms with Crippen LogP contribution in [0.25, 0.3) is 0 Å². The van der Waals surface area contributed by atoms with Crippen molar-refractivity contribution in [1.82, 2.24) is 19.4 Å². The van der Waals surface area contributed by atoms with Crippen LogP contribution in [0.2, 0.25) is 0 Å². The lowest BCUT2D eigenvalue weighted by molar-refractivity contribution is -0.131. The molecule has 0 aromatic carbocycles. The fourth-order valence-corrected chi connectivity index (χ4v) is 2.65. The topological polar surface area (TPSA) is 41.4 Å². The van der Waals surface area contributed by atoms with Crippen LogP contribution in [-0.4, -0.2) is 57.0 Å². The molecule has 1 aliphatic heterocycles. The molecule has 0 unspecified atom stereocenters. The van der Waals surface area contributed by atoms with Crippen LogP contribution in [0.1, 0.15) is 33.0 Å². The summed E-state index contributed by atoms with van der Waals surface area (Å²) in [5, 5.41) is 0. The van der Waals surface area contributed by atoms with Gasteiger partial charge in [-0.1, -0.05) is 0 Å². The van der Waals surface area contributed by atoms with E-state index in [-0.39, 0.29) is 11.4 Å². The number of carbonyl (C=O) groups is 1. The Kier molecular flexibility index (Phi) is 4.48. The minimum absolute atomic E-state index is 0.181. The van der Waals surface area contributed by atoms with Crippen molar-refractivity contribution in [3.8, 4) is 0 Å². The van der Waals surface area contributed by atoms with Crippen molar-refractivity contribution >= 4 is 5.91 Å². The van der Waals surface area contributed by atoms with Gasteiger partial charge in [0.2, 0.25) is 5.91 Å². The molecule has 0 radical (unpaired) electrons. The number of imidazole rings is 1. The molecule has 2 rings (SSSR count). The summed E-state index contributed by atoms with van der Waals surface area (Å²) in [6.07, 6.45) is 4.66. The SMILES string of the molecule is Cc1nccn1CC(=O)N1CCCN(C(C)(C)C)CC1. The van der Waals surface area contributed by atoms with Gasteiger partial charge >= 0.3 is 0 Å². The van der Waals surface area contributed by atoms with Gasteiger partial charge in [-0.05, 0) is 34.1 Å². The number of rotatable bonds is 2. The largest absolute Gasteiger partial charge is 0.340 e. The lowest BCUT2D eigenvalue weighted by atomic mass is 10.1. The summed E-state index contributed by atoms with van der Waals surface area (Å²) in [6, 6.07) is 0. The Morgan fingerprint density at radius 3 is 2.60 bits per heavy atom. The Labute approximate surface area is 121 Å². The summed E-state index contributed by atoms with van der Waals surface area (Å²) in [7, 11) is 0. The third-order valence-electron chi connectivity index (χ3n) is 4.03. The van der Waals surface area contributed by atoms with Crippen LogP contribution in [0, 0.1) is 6.92 Å². The maximum absolute atomic E-state index is 12.4.